The van der Waals surface area contributed by atoms with Crippen molar-refractivity contribution in [2.45, 2.75) is 97.4 Å². The molecule has 0 aliphatic carbocycles. The first-order valence-corrected chi connectivity index (χ1v) is 14.5. The molecular weight excluding hydrogens is 586 g/mol. The van der Waals surface area contributed by atoms with Gasteiger partial charge in [0.1, 0.15) is 11.2 Å². The number of amides is 2. The number of likely N-dealkylation sites (tertiary alicyclic amines) is 1. The molecular formula is C33H45NO11. The van der Waals surface area contributed by atoms with Gasteiger partial charge in [0.2, 0.25) is 11.4 Å². The maximum atomic E-state index is 13.8. The molecule has 0 bridgehead atoms. The molecule has 0 aromatic rings. The average Bonchev–Trinajstić information content (AvgIpc) is 3.65. The summed E-state index contributed by atoms with van der Waals surface area (Å²) in [7, 11) is 2.57. The van der Waals surface area contributed by atoms with Crippen molar-refractivity contribution in [3.63, 3.8) is 0 Å². The van der Waals surface area contributed by atoms with Gasteiger partial charge in [-0.15, -0.1) is 0 Å². The van der Waals surface area contributed by atoms with E-state index in [9.17, 15) is 24.0 Å². The quantitative estimate of drug-likeness (QED) is 0.0733. The predicted octanol–water partition coefficient (Wildman–Crippen LogP) is 5.28. The number of nitrogens with zero attached hydrogens (tertiary/aromatic N) is 1. The van der Waals surface area contributed by atoms with E-state index in [2.05, 4.69) is 0 Å². The van der Waals surface area contributed by atoms with Crippen LogP contribution in [0.1, 0.15) is 68.7 Å². The molecule has 2 heterocycles. The lowest BCUT2D eigenvalue weighted by molar-refractivity contribution is -0.173. The molecule has 0 unspecified atom stereocenters. The van der Waals surface area contributed by atoms with Crippen LogP contribution in [0.15, 0.2) is 59.3 Å². The highest BCUT2D eigenvalue weighted by Gasteiger charge is 2.85. The van der Waals surface area contributed by atoms with Crippen LogP contribution < -0.4 is 0 Å². The van der Waals surface area contributed by atoms with Crippen molar-refractivity contribution in [2.75, 3.05) is 20.8 Å². The van der Waals surface area contributed by atoms with Crippen molar-refractivity contribution in [1.29, 1.82) is 0 Å². The Labute approximate surface area is 264 Å². The SMILES string of the molecule is C\C=C(/C=C(C)/C=C/C=C/C=C(\C)C(=O)[C@]12O[C@H]1[C@](CCOC(=O)OC(C)(C)C)(OC)N(C(=O)OC(C)(C)C)C2=O)C(=O)OC. The minimum Gasteiger partial charge on any atom is -0.465 e. The molecule has 0 aromatic carbocycles. The summed E-state index contributed by atoms with van der Waals surface area (Å²) in [5, 5.41) is 0. The number of carbonyl (C=O) groups is 5. The standard InChI is InChI=1S/C33H45NO11/c1-12-23(25(36)40-10)20-21(2)16-14-13-15-17-22(3)24(35)33-26(43-33)32(41-11,18-19-42-29(39)45-31(7,8)9)34(27(33)37)28(38)44-30(4,5)6/h12-17,20,26H,18-19H2,1-11H3/b15-13+,16-14+,21-20+,22-17+,23-12+/t26-,32-,33-/m0/s1. The number of methoxy groups -OCH3 is 2. The van der Waals surface area contributed by atoms with Gasteiger partial charge in [0, 0.05) is 13.5 Å². The number of imide groups is 1. The summed E-state index contributed by atoms with van der Waals surface area (Å²) in [6.07, 6.45) is 8.20. The normalized spacial score (nSPS) is 24.2. The van der Waals surface area contributed by atoms with Crippen molar-refractivity contribution in [2.24, 2.45) is 0 Å². The number of morpholine rings is 1. The summed E-state index contributed by atoms with van der Waals surface area (Å²) in [5.74, 6) is -2.04. The Morgan fingerprint density at radius 2 is 1.58 bits per heavy atom. The van der Waals surface area contributed by atoms with Crippen LogP contribution >= 0.6 is 0 Å². The van der Waals surface area contributed by atoms with Crippen molar-refractivity contribution in [3.8, 4) is 0 Å². The maximum Gasteiger partial charge on any atom is 0.508 e. The second-order valence-corrected chi connectivity index (χ2v) is 12.5. The van der Waals surface area contributed by atoms with Crippen molar-refractivity contribution in [3.05, 3.63) is 59.3 Å². The zero-order valence-corrected chi connectivity index (χ0v) is 28.0. The van der Waals surface area contributed by atoms with Gasteiger partial charge in [-0.25, -0.2) is 19.3 Å². The van der Waals surface area contributed by atoms with Gasteiger partial charge in [0.05, 0.1) is 19.3 Å². The average molecular weight is 632 g/mol. The minimum absolute atomic E-state index is 0.186. The van der Waals surface area contributed by atoms with Gasteiger partial charge in [-0.05, 0) is 74.0 Å². The molecule has 0 aromatic heterocycles. The highest BCUT2D eigenvalue weighted by Crippen LogP contribution is 2.57. The molecule has 0 saturated carbocycles. The molecule has 248 valence electrons. The summed E-state index contributed by atoms with van der Waals surface area (Å²) in [5.41, 5.74) is -4.20. The lowest BCUT2D eigenvalue weighted by Crippen LogP contribution is -2.57. The van der Waals surface area contributed by atoms with E-state index in [0.29, 0.717) is 5.57 Å². The van der Waals surface area contributed by atoms with Gasteiger partial charge in [-0.2, -0.15) is 0 Å². The Balaban J connectivity index is 2.31. The number of fused-ring (bicyclic) bond motifs is 1. The molecule has 2 saturated heterocycles. The Kier molecular flexibility index (Phi) is 11.9. The van der Waals surface area contributed by atoms with Crippen LogP contribution in [0, 0.1) is 0 Å². The third kappa shape index (κ3) is 8.79. The molecule has 0 radical (unpaired) electrons. The van der Waals surface area contributed by atoms with E-state index in [0.717, 1.165) is 10.5 Å². The molecule has 2 aliphatic heterocycles. The van der Waals surface area contributed by atoms with Crippen LogP contribution in [0.3, 0.4) is 0 Å². The van der Waals surface area contributed by atoms with E-state index in [1.54, 1.807) is 84.9 Å². The fourth-order valence-electron chi connectivity index (χ4n) is 4.61. The number of ether oxygens (including phenoxy) is 6. The third-order valence-electron chi connectivity index (χ3n) is 6.66. The number of hydrogen-bond acceptors (Lipinski definition) is 11. The van der Waals surface area contributed by atoms with Crippen molar-refractivity contribution < 1.29 is 52.4 Å². The summed E-state index contributed by atoms with van der Waals surface area (Å²) >= 11 is 0. The number of ketones is 1. The smallest absolute Gasteiger partial charge is 0.465 e. The first kappa shape index (κ1) is 37.2. The Morgan fingerprint density at radius 3 is 2.11 bits per heavy atom. The van der Waals surface area contributed by atoms with Crippen LogP contribution in [0.5, 0.6) is 0 Å². The molecule has 3 atom stereocenters. The van der Waals surface area contributed by atoms with Gasteiger partial charge in [-0.3, -0.25) is 9.59 Å². The Bertz CT molecular complexity index is 1340. The van der Waals surface area contributed by atoms with E-state index in [1.165, 1.54) is 27.2 Å². The highest BCUT2D eigenvalue weighted by molar-refractivity contribution is 6.23. The molecule has 12 heteroatoms. The van der Waals surface area contributed by atoms with E-state index in [4.69, 9.17) is 28.4 Å². The lowest BCUT2D eigenvalue weighted by Gasteiger charge is -2.37. The minimum atomic E-state index is -2.01. The second kappa shape index (κ2) is 14.4. The third-order valence-corrected chi connectivity index (χ3v) is 6.66. The first-order valence-electron chi connectivity index (χ1n) is 14.5. The van der Waals surface area contributed by atoms with Crippen LogP contribution in [0.25, 0.3) is 0 Å². The monoisotopic (exact) mass is 631 g/mol. The van der Waals surface area contributed by atoms with E-state index >= 15 is 0 Å². The fraction of sp³-hybridized carbons (Fsp3) is 0.545. The number of carbonyl (C=O) groups excluding carboxylic acids is 5. The molecule has 2 aliphatic rings. The highest BCUT2D eigenvalue weighted by atomic mass is 16.7. The fourth-order valence-corrected chi connectivity index (χ4v) is 4.61. The van der Waals surface area contributed by atoms with Gasteiger partial charge in [-0.1, -0.05) is 42.0 Å². The van der Waals surface area contributed by atoms with Gasteiger partial charge in [0.15, 0.2) is 11.8 Å². The van der Waals surface area contributed by atoms with Crippen molar-refractivity contribution in [1.82, 2.24) is 4.90 Å². The Morgan fingerprint density at radius 1 is 0.956 bits per heavy atom. The molecule has 0 spiro atoms. The number of allylic oxidation sites excluding steroid dienone is 7. The number of epoxide rings is 1. The molecule has 12 nitrogen and oxygen atoms in total. The number of hydrogen-bond donors (Lipinski definition) is 0. The number of rotatable bonds is 11. The van der Waals surface area contributed by atoms with Gasteiger partial charge >= 0.3 is 18.2 Å². The van der Waals surface area contributed by atoms with Gasteiger partial charge in [0.25, 0.3) is 5.91 Å². The van der Waals surface area contributed by atoms with Crippen LogP contribution in [0.4, 0.5) is 9.59 Å². The number of Topliss-reactive ketones (excluding diaryl/α,β-unsaturated/α-hetero) is 1. The van der Waals surface area contributed by atoms with Crippen molar-refractivity contribution >= 4 is 29.9 Å². The van der Waals surface area contributed by atoms with E-state index in [1.807, 2.05) is 6.92 Å². The molecule has 2 fully saturated rings. The predicted molar refractivity (Wildman–Crippen MR) is 164 cm³/mol. The first-order chi connectivity index (χ1) is 20.8. The second-order valence-electron chi connectivity index (χ2n) is 12.5. The number of esters is 1. The molecule has 0 N–H and O–H groups in total. The summed E-state index contributed by atoms with van der Waals surface area (Å²) in [6.45, 7) is 14.7. The molecule has 2 rings (SSSR count). The maximum absolute atomic E-state index is 13.8. The van der Waals surface area contributed by atoms with Crippen LogP contribution in [0.2, 0.25) is 0 Å². The summed E-state index contributed by atoms with van der Waals surface area (Å²) < 4.78 is 32.0. The largest absolute Gasteiger partial charge is 0.508 e. The summed E-state index contributed by atoms with van der Waals surface area (Å²) in [6, 6.07) is 0. The van der Waals surface area contributed by atoms with Crippen LogP contribution in [-0.2, 0) is 42.8 Å². The van der Waals surface area contributed by atoms with E-state index < -0.39 is 58.5 Å². The zero-order chi connectivity index (χ0) is 34.4. The van der Waals surface area contributed by atoms with E-state index in [-0.39, 0.29) is 18.6 Å². The molecule has 2 amide bonds. The molecule has 45 heavy (non-hydrogen) atoms. The summed E-state index contributed by atoms with van der Waals surface area (Å²) in [4.78, 5) is 65.4. The topological polar surface area (TPSA) is 147 Å². The Hall–Kier alpha value is -4.03. The van der Waals surface area contributed by atoms with Gasteiger partial charge < -0.3 is 28.4 Å². The lowest BCUT2D eigenvalue weighted by atomic mass is 9.92. The zero-order valence-electron chi connectivity index (χ0n) is 28.0. The van der Waals surface area contributed by atoms with Crippen LogP contribution in [-0.4, -0.2) is 84.3 Å².